The van der Waals surface area contributed by atoms with Crippen molar-refractivity contribution in [3.63, 3.8) is 0 Å². The van der Waals surface area contributed by atoms with Crippen molar-refractivity contribution >= 4 is 11.9 Å². The standard InChI is InChI=1S/C22H27N3O4/c1-4-14-29-19-10-8-17(9-11-19)16-25(2)22(27)24-13-12-23-21(26)18-6-5-7-20(15-18)28-3/h4-11,15H,1,12-14,16H2,2-3H3,(H,23,26)(H,24,27). The van der Waals surface area contributed by atoms with Crippen LogP contribution in [-0.2, 0) is 6.54 Å². The maximum atomic E-state index is 12.2. The van der Waals surface area contributed by atoms with Crippen LogP contribution in [0.5, 0.6) is 11.5 Å². The van der Waals surface area contributed by atoms with Crippen molar-refractivity contribution in [2.45, 2.75) is 6.54 Å². The largest absolute Gasteiger partial charge is 0.497 e. The Morgan fingerprint density at radius 1 is 1.07 bits per heavy atom. The third kappa shape index (κ3) is 7.21. The fourth-order valence-electron chi connectivity index (χ4n) is 2.54. The predicted octanol–water partition coefficient (Wildman–Crippen LogP) is 2.83. The molecule has 2 aromatic rings. The maximum Gasteiger partial charge on any atom is 0.317 e. The summed E-state index contributed by atoms with van der Waals surface area (Å²) in [5.41, 5.74) is 1.49. The smallest absolute Gasteiger partial charge is 0.317 e. The van der Waals surface area contributed by atoms with Gasteiger partial charge in [-0.15, -0.1) is 0 Å². The summed E-state index contributed by atoms with van der Waals surface area (Å²) in [6.45, 7) is 5.18. The molecule has 0 aliphatic rings. The van der Waals surface area contributed by atoms with Crippen molar-refractivity contribution in [3.05, 3.63) is 72.3 Å². The van der Waals surface area contributed by atoms with Gasteiger partial charge in [-0.1, -0.05) is 30.9 Å². The first-order valence-electron chi connectivity index (χ1n) is 9.27. The summed E-state index contributed by atoms with van der Waals surface area (Å²) in [7, 11) is 3.26. The molecule has 0 atom stereocenters. The van der Waals surface area contributed by atoms with E-state index in [4.69, 9.17) is 9.47 Å². The highest BCUT2D eigenvalue weighted by Gasteiger charge is 2.10. The molecule has 3 amide bonds. The molecule has 0 saturated heterocycles. The van der Waals surface area contributed by atoms with E-state index in [1.54, 1.807) is 49.4 Å². The van der Waals surface area contributed by atoms with Crippen molar-refractivity contribution in [2.75, 3.05) is 33.9 Å². The summed E-state index contributed by atoms with van der Waals surface area (Å²) in [5.74, 6) is 1.16. The molecule has 2 rings (SSSR count). The number of nitrogens with zero attached hydrogens (tertiary/aromatic N) is 1. The average Bonchev–Trinajstić information content (AvgIpc) is 2.75. The Kier molecular flexibility index (Phi) is 8.56. The fraction of sp³-hybridized carbons (Fsp3) is 0.273. The van der Waals surface area contributed by atoms with E-state index in [1.807, 2.05) is 24.3 Å². The zero-order chi connectivity index (χ0) is 21.1. The van der Waals surface area contributed by atoms with Crippen molar-refractivity contribution < 1.29 is 19.1 Å². The molecule has 0 fully saturated rings. The van der Waals surface area contributed by atoms with E-state index in [2.05, 4.69) is 17.2 Å². The van der Waals surface area contributed by atoms with Gasteiger partial charge in [-0.2, -0.15) is 0 Å². The average molecular weight is 397 g/mol. The Hall–Kier alpha value is -3.48. The van der Waals surface area contributed by atoms with Gasteiger partial charge in [0.15, 0.2) is 0 Å². The van der Waals surface area contributed by atoms with Crippen molar-refractivity contribution in [2.24, 2.45) is 0 Å². The number of methoxy groups -OCH3 is 1. The highest BCUT2D eigenvalue weighted by atomic mass is 16.5. The van der Waals surface area contributed by atoms with Crippen LogP contribution in [0.25, 0.3) is 0 Å². The minimum atomic E-state index is -0.217. The van der Waals surface area contributed by atoms with Crippen LogP contribution < -0.4 is 20.1 Å². The number of ether oxygens (including phenoxy) is 2. The second kappa shape index (κ2) is 11.4. The molecule has 0 radical (unpaired) electrons. The van der Waals surface area contributed by atoms with Gasteiger partial charge in [0.05, 0.1) is 7.11 Å². The molecular formula is C22H27N3O4. The number of amides is 3. The second-order valence-electron chi connectivity index (χ2n) is 6.32. The number of hydrogen-bond donors (Lipinski definition) is 2. The van der Waals surface area contributed by atoms with Crippen LogP contribution >= 0.6 is 0 Å². The molecule has 2 N–H and O–H groups in total. The van der Waals surface area contributed by atoms with Crippen molar-refractivity contribution in [3.8, 4) is 11.5 Å². The highest BCUT2D eigenvalue weighted by Crippen LogP contribution is 2.14. The maximum absolute atomic E-state index is 12.2. The van der Waals surface area contributed by atoms with Crippen molar-refractivity contribution in [1.82, 2.24) is 15.5 Å². The monoisotopic (exact) mass is 397 g/mol. The fourth-order valence-corrected chi connectivity index (χ4v) is 2.54. The molecule has 7 nitrogen and oxygen atoms in total. The first-order chi connectivity index (χ1) is 14.0. The topological polar surface area (TPSA) is 79.9 Å². The van der Waals surface area contributed by atoms with E-state index in [9.17, 15) is 9.59 Å². The molecule has 0 aliphatic heterocycles. The number of hydrogen-bond acceptors (Lipinski definition) is 4. The van der Waals surface area contributed by atoms with Crippen LogP contribution in [0.1, 0.15) is 15.9 Å². The van der Waals surface area contributed by atoms with E-state index in [-0.39, 0.29) is 11.9 Å². The van der Waals surface area contributed by atoms with E-state index >= 15 is 0 Å². The minimum absolute atomic E-state index is 0.215. The lowest BCUT2D eigenvalue weighted by Gasteiger charge is -2.18. The predicted molar refractivity (Wildman–Crippen MR) is 112 cm³/mol. The van der Waals surface area contributed by atoms with Gasteiger partial charge in [0.25, 0.3) is 5.91 Å². The Morgan fingerprint density at radius 2 is 1.79 bits per heavy atom. The van der Waals surface area contributed by atoms with Gasteiger partial charge >= 0.3 is 6.03 Å². The van der Waals surface area contributed by atoms with Gasteiger partial charge in [-0.05, 0) is 35.9 Å². The van der Waals surface area contributed by atoms with Crippen LogP contribution in [0.2, 0.25) is 0 Å². The molecule has 29 heavy (non-hydrogen) atoms. The molecule has 0 aliphatic carbocycles. The number of carbonyl (C=O) groups excluding carboxylic acids is 2. The van der Waals surface area contributed by atoms with Crippen LogP contribution in [0.15, 0.2) is 61.2 Å². The SMILES string of the molecule is C=CCOc1ccc(CN(C)C(=O)NCCNC(=O)c2cccc(OC)c2)cc1. The Bertz CT molecular complexity index is 821. The van der Waals surface area contributed by atoms with E-state index in [1.165, 1.54) is 0 Å². The van der Waals surface area contributed by atoms with Crippen molar-refractivity contribution in [1.29, 1.82) is 0 Å². The first kappa shape index (κ1) is 21.8. The third-order valence-corrected chi connectivity index (χ3v) is 4.08. The normalized spacial score (nSPS) is 10.0. The third-order valence-electron chi connectivity index (χ3n) is 4.08. The molecule has 154 valence electrons. The van der Waals surface area contributed by atoms with Gasteiger partial charge in [-0.25, -0.2) is 4.79 Å². The highest BCUT2D eigenvalue weighted by molar-refractivity contribution is 5.94. The molecule has 0 aromatic heterocycles. The second-order valence-corrected chi connectivity index (χ2v) is 6.32. The van der Waals surface area contributed by atoms with E-state index in [0.29, 0.717) is 37.6 Å². The summed E-state index contributed by atoms with van der Waals surface area (Å²) < 4.78 is 10.5. The summed E-state index contributed by atoms with van der Waals surface area (Å²) in [6.07, 6.45) is 1.69. The van der Waals surface area contributed by atoms with Crippen LogP contribution in [0.4, 0.5) is 4.79 Å². The van der Waals surface area contributed by atoms with Gasteiger partial charge in [0.2, 0.25) is 0 Å². The summed E-state index contributed by atoms with van der Waals surface area (Å²) in [4.78, 5) is 25.9. The Morgan fingerprint density at radius 3 is 2.48 bits per heavy atom. The molecule has 0 unspecified atom stereocenters. The Balaban J connectivity index is 1.71. The van der Waals surface area contributed by atoms with Gasteiger partial charge in [0, 0.05) is 32.2 Å². The quantitative estimate of drug-likeness (QED) is 0.477. The molecule has 7 heteroatoms. The van der Waals surface area contributed by atoms with Gasteiger partial charge < -0.3 is 25.0 Å². The molecule has 0 bridgehead atoms. The lowest BCUT2D eigenvalue weighted by Crippen LogP contribution is -2.41. The molecule has 0 heterocycles. The minimum Gasteiger partial charge on any atom is -0.497 e. The van der Waals surface area contributed by atoms with Gasteiger partial charge in [0.1, 0.15) is 18.1 Å². The zero-order valence-corrected chi connectivity index (χ0v) is 16.8. The van der Waals surface area contributed by atoms with E-state index < -0.39 is 0 Å². The first-order valence-corrected chi connectivity index (χ1v) is 9.27. The number of urea groups is 1. The molecule has 2 aromatic carbocycles. The number of rotatable bonds is 10. The molecule has 0 spiro atoms. The summed E-state index contributed by atoms with van der Waals surface area (Å²) in [5, 5.41) is 5.55. The number of nitrogens with one attached hydrogen (secondary N) is 2. The van der Waals surface area contributed by atoms with E-state index in [0.717, 1.165) is 11.3 Å². The lowest BCUT2D eigenvalue weighted by molar-refractivity contribution is 0.0953. The number of carbonyl (C=O) groups is 2. The lowest BCUT2D eigenvalue weighted by atomic mass is 10.2. The Labute approximate surface area is 171 Å². The van der Waals surface area contributed by atoms with Crippen LogP contribution in [0.3, 0.4) is 0 Å². The van der Waals surface area contributed by atoms with Crippen LogP contribution in [-0.4, -0.2) is 50.7 Å². The summed E-state index contributed by atoms with van der Waals surface area (Å²) >= 11 is 0. The summed E-state index contributed by atoms with van der Waals surface area (Å²) in [6, 6.07) is 14.2. The van der Waals surface area contributed by atoms with Crippen LogP contribution in [0, 0.1) is 0 Å². The zero-order valence-electron chi connectivity index (χ0n) is 16.8. The molecular weight excluding hydrogens is 370 g/mol. The molecule has 0 saturated carbocycles. The van der Waals surface area contributed by atoms with Gasteiger partial charge in [-0.3, -0.25) is 4.79 Å². The number of benzene rings is 2.